The molecule has 0 aliphatic carbocycles. The summed E-state index contributed by atoms with van der Waals surface area (Å²) in [6.45, 7) is 3.14. The fourth-order valence-corrected chi connectivity index (χ4v) is 10.8. The van der Waals surface area contributed by atoms with Gasteiger partial charge < -0.3 is 0 Å². The molecule has 2 aliphatic rings. The van der Waals surface area contributed by atoms with Gasteiger partial charge in [0.15, 0.2) is 0 Å². The SMILES string of the molecule is CCI(CCN[CH]1[Al][CH]1O)c1ccc2c(c1)S(=O)(=O)c1ccccc1C2. The number of hydrogen-bond acceptors (Lipinski definition) is 4. The zero-order valence-electron chi connectivity index (χ0n) is 14.7. The van der Waals surface area contributed by atoms with E-state index in [4.69, 9.17) is 0 Å². The molecule has 4 rings (SSSR count). The number of nitrogens with one attached hydrogen (secondary N) is 1. The summed E-state index contributed by atoms with van der Waals surface area (Å²) in [7, 11) is -3.42. The Morgan fingerprint density at radius 2 is 1.92 bits per heavy atom. The van der Waals surface area contributed by atoms with Crippen molar-refractivity contribution in [1.29, 1.82) is 0 Å². The average Bonchev–Trinajstić information content (AvgIpc) is 3.34. The Morgan fingerprint density at radius 1 is 1.19 bits per heavy atom. The van der Waals surface area contributed by atoms with E-state index in [1.807, 2.05) is 24.3 Å². The first-order chi connectivity index (χ1) is 12.5. The normalized spacial score (nSPS) is 22.8. The second kappa shape index (κ2) is 7.53. The Kier molecular flexibility index (Phi) is 5.48. The van der Waals surface area contributed by atoms with Crippen molar-refractivity contribution in [2.45, 2.75) is 33.0 Å². The Balaban J connectivity index is 1.58. The zero-order chi connectivity index (χ0) is 18.3. The number of halogens is 1. The monoisotopic (exact) mass is 498 g/mol. The van der Waals surface area contributed by atoms with E-state index < -0.39 is 29.7 Å². The van der Waals surface area contributed by atoms with Gasteiger partial charge in [0.05, 0.1) is 0 Å². The van der Waals surface area contributed by atoms with E-state index in [-0.39, 0.29) is 20.2 Å². The van der Waals surface area contributed by atoms with Crippen LogP contribution in [-0.2, 0) is 16.3 Å². The minimum atomic E-state index is -3.42. The third-order valence-electron chi connectivity index (χ3n) is 4.93. The van der Waals surface area contributed by atoms with Crippen molar-refractivity contribution in [2.24, 2.45) is 0 Å². The van der Waals surface area contributed by atoms with Gasteiger partial charge in [0.25, 0.3) is 0 Å². The van der Waals surface area contributed by atoms with Crippen LogP contribution in [0.2, 0.25) is 0 Å². The Morgan fingerprint density at radius 3 is 2.65 bits per heavy atom. The molecule has 0 bridgehead atoms. The zero-order valence-corrected chi connectivity index (χ0v) is 18.8. The van der Waals surface area contributed by atoms with Gasteiger partial charge in [-0.15, -0.1) is 0 Å². The summed E-state index contributed by atoms with van der Waals surface area (Å²) in [5, 5.41) is 12.9. The van der Waals surface area contributed by atoms with E-state index in [2.05, 4.69) is 18.3 Å². The first-order valence-electron chi connectivity index (χ1n) is 8.85. The third-order valence-corrected chi connectivity index (χ3v) is 14.3. The van der Waals surface area contributed by atoms with Gasteiger partial charge in [-0.05, 0) is 0 Å². The molecule has 2 unspecified atom stereocenters. The molecule has 0 spiro atoms. The van der Waals surface area contributed by atoms with Crippen molar-refractivity contribution < 1.29 is 13.5 Å². The van der Waals surface area contributed by atoms with Gasteiger partial charge in [-0.3, -0.25) is 0 Å². The summed E-state index contributed by atoms with van der Waals surface area (Å²) in [4.78, 5) is 1.24. The van der Waals surface area contributed by atoms with Crippen LogP contribution in [-0.4, -0.2) is 54.0 Å². The van der Waals surface area contributed by atoms with Crippen LogP contribution in [0, 0.1) is 3.57 Å². The van der Waals surface area contributed by atoms with E-state index in [1.165, 1.54) is 3.57 Å². The number of sulfone groups is 1. The minimum absolute atomic E-state index is 0.0900. The first kappa shape index (κ1) is 18.9. The summed E-state index contributed by atoms with van der Waals surface area (Å²) in [5.41, 5.74) is 1.82. The molecule has 2 aliphatic heterocycles. The molecule has 26 heavy (non-hydrogen) atoms. The molecule has 0 amide bonds. The van der Waals surface area contributed by atoms with E-state index in [0.29, 0.717) is 21.1 Å². The standard InChI is InChI=1S/C19H22INO3S.Al/c1-2-20(9-10-21-11-12-22)17-8-7-16-13-15-5-3-4-6-18(15)25(23,24)19(16)14-17;/h3-8,11-12,14,21-22H,2,9-10,13H2,1H3;. The predicted molar refractivity (Wildman–Crippen MR) is 113 cm³/mol. The van der Waals surface area contributed by atoms with Crippen LogP contribution in [0.3, 0.4) is 0 Å². The van der Waals surface area contributed by atoms with Gasteiger partial charge >= 0.3 is 169 Å². The number of hydrogen-bond donors (Lipinski definition) is 2. The van der Waals surface area contributed by atoms with Crippen molar-refractivity contribution in [2.75, 3.05) is 15.4 Å². The molecule has 1 saturated heterocycles. The molecule has 137 valence electrons. The molecule has 2 aromatic carbocycles. The maximum atomic E-state index is 13.1. The first-order valence-corrected chi connectivity index (χ1v) is 15.8. The van der Waals surface area contributed by atoms with Crippen LogP contribution in [0.1, 0.15) is 18.1 Å². The van der Waals surface area contributed by atoms with Crippen LogP contribution in [0.5, 0.6) is 0 Å². The van der Waals surface area contributed by atoms with Crippen LogP contribution >= 0.6 is 19.8 Å². The van der Waals surface area contributed by atoms with Crippen LogP contribution in [0.15, 0.2) is 52.3 Å². The van der Waals surface area contributed by atoms with Crippen molar-refractivity contribution in [3.8, 4) is 0 Å². The van der Waals surface area contributed by atoms with Gasteiger partial charge in [-0.1, -0.05) is 0 Å². The van der Waals surface area contributed by atoms with Gasteiger partial charge in [0, 0.05) is 0 Å². The van der Waals surface area contributed by atoms with Gasteiger partial charge in [0.1, 0.15) is 0 Å². The van der Waals surface area contributed by atoms with E-state index in [0.717, 1.165) is 26.5 Å². The Labute approximate surface area is 168 Å². The fourth-order valence-electron chi connectivity index (χ4n) is 3.40. The second-order valence-electron chi connectivity index (χ2n) is 6.62. The van der Waals surface area contributed by atoms with Gasteiger partial charge in [0.2, 0.25) is 0 Å². The van der Waals surface area contributed by atoms with Crippen LogP contribution in [0.25, 0.3) is 0 Å². The van der Waals surface area contributed by atoms with E-state index >= 15 is 0 Å². The second-order valence-corrected chi connectivity index (χ2v) is 16.7. The maximum absolute atomic E-state index is 13.1. The average molecular weight is 498 g/mol. The van der Waals surface area contributed by atoms with E-state index in [9.17, 15) is 13.5 Å². The molecule has 2 N–H and O–H groups in total. The topological polar surface area (TPSA) is 66.4 Å². The molecule has 2 heterocycles. The van der Waals surface area contributed by atoms with Gasteiger partial charge in [-0.25, -0.2) is 0 Å². The molecule has 4 nitrogen and oxygen atoms in total. The summed E-state index contributed by atoms with van der Waals surface area (Å²) < 4.78 is 29.7. The molecule has 0 saturated carbocycles. The number of aliphatic hydroxyl groups is 1. The molecular weight excluding hydrogens is 476 g/mol. The Bertz CT molecular complexity index is 934. The molecule has 1 fully saturated rings. The Hall–Kier alpha value is -0.428. The molecule has 2 atom stereocenters. The number of rotatable bonds is 6. The third kappa shape index (κ3) is 3.62. The quantitative estimate of drug-likeness (QED) is 0.311. The van der Waals surface area contributed by atoms with Crippen LogP contribution < -0.4 is 5.32 Å². The van der Waals surface area contributed by atoms with Gasteiger partial charge in [-0.2, -0.15) is 0 Å². The van der Waals surface area contributed by atoms with Crippen molar-refractivity contribution in [1.82, 2.24) is 5.32 Å². The molecule has 0 aromatic heterocycles. The number of alkyl halides is 2. The van der Waals surface area contributed by atoms with Crippen molar-refractivity contribution in [3.05, 3.63) is 57.2 Å². The van der Waals surface area contributed by atoms with Crippen molar-refractivity contribution >= 4 is 44.9 Å². The van der Waals surface area contributed by atoms with Crippen LogP contribution in [0.4, 0.5) is 0 Å². The molecule has 1 radical (unpaired) electrons. The number of aliphatic hydroxyl groups excluding tert-OH is 1. The summed E-state index contributed by atoms with van der Waals surface area (Å²) in [6.07, 6.45) is 0.690. The summed E-state index contributed by atoms with van der Waals surface area (Å²) in [6, 6.07) is 13.5. The molecule has 2 aromatic rings. The summed E-state index contributed by atoms with van der Waals surface area (Å²) >= 11 is -1.24. The number of benzene rings is 2. The van der Waals surface area contributed by atoms with E-state index in [1.54, 1.807) is 12.1 Å². The molecule has 7 heteroatoms. The fraction of sp³-hybridized carbons (Fsp3) is 0.368. The predicted octanol–water partition coefficient (Wildman–Crippen LogP) is 2.07. The van der Waals surface area contributed by atoms with Crippen molar-refractivity contribution in [3.63, 3.8) is 0 Å². The summed E-state index contributed by atoms with van der Waals surface area (Å²) in [5.74, 6) is 0. The number of fused-ring (bicyclic) bond motifs is 2. The molecular formula is C19H22AlINO3S.